The minimum Gasteiger partial charge on any atom is -0.357 e. The summed E-state index contributed by atoms with van der Waals surface area (Å²) in [6, 6.07) is 7.91. The van der Waals surface area contributed by atoms with Crippen LogP contribution in [0.5, 0.6) is 5.75 Å². The molecule has 66 valence electrons. The fourth-order valence-electron chi connectivity index (χ4n) is 0.991. The molecule has 1 heterocycles. The predicted octanol–water partition coefficient (Wildman–Crippen LogP) is 2.45. The van der Waals surface area contributed by atoms with E-state index in [9.17, 15) is 0 Å². The quantitative estimate of drug-likeness (QED) is 0.638. The van der Waals surface area contributed by atoms with Crippen LogP contribution in [0, 0.1) is 0 Å². The van der Waals surface area contributed by atoms with E-state index in [-0.39, 0.29) is 24.8 Å². The summed E-state index contributed by atoms with van der Waals surface area (Å²) >= 11 is 0. The van der Waals surface area contributed by atoms with Crippen molar-refractivity contribution in [2.45, 2.75) is 6.42 Å². The van der Waals surface area contributed by atoms with Gasteiger partial charge in [0.2, 0.25) is 0 Å². The van der Waals surface area contributed by atoms with Gasteiger partial charge in [0.05, 0.1) is 0 Å². The number of nitrogens with zero attached hydrogens (tertiary/aromatic N) is 1. The number of para-hydroxylation sites is 1. The number of rotatable bonds is 0. The molecule has 1 aliphatic rings. The fraction of sp³-hybridized carbons (Fsp3) is 0.125. The van der Waals surface area contributed by atoms with E-state index < -0.39 is 0 Å². The van der Waals surface area contributed by atoms with Gasteiger partial charge in [0.1, 0.15) is 0 Å². The van der Waals surface area contributed by atoms with Gasteiger partial charge in [-0.1, -0.05) is 23.4 Å². The third kappa shape index (κ3) is 2.13. The van der Waals surface area contributed by atoms with Crippen molar-refractivity contribution in [2.75, 3.05) is 0 Å². The summed E-state index contributed by atoms with van der Waals surface area (Å²) in [5, 5.41) is 3.69. The number of fused-ring (bicyclic) bond motifs is 1. The average Bonchev–Trinajstić information content (AvgIpc) is 2.05. The Balaban J connectivity index is 0.000000605. The van der Waals surface area contributed by atoms with Gasteiger partial charge in [-0.2, -0.15) is 0 Å². The van der Waals surface area contributed by atoms with Crippen LogP contribution < -0.4 is 4.84 Å². The lowest BCUT2D eigenvalue weighted by Gasteiger charge is -2.07. The highest BCUT2D eigenvalue weighted by molar-refractivity contribution is 5.85. The molecule has 0 aliphatic carbocycles. The largest absolute Gasteiger partial charge is 0.357 e. The number of hydrogen-bond acceptors (Lipinski definition) is 2. The Bertz CT molecular complexity index is 249. The number of benzene rings is 1. The highest BCUT2D eigenvalue weighted by atomic mass is 35.5. The summed E-state index contributed by atoms with van der Waals surface area (Å²) in [5.41, 5.74) is 1.21. The summed E-state index contributed by atoms with van der Waals surface area (Å²) in [4.78, 5) is 4.99. The van der Waals surface area contributed by atoms with E-state index in [1.807, 2.05) is 24.3 Å². The van der Waals surface area contributed by atoms with Gasteiger partial charge in [-0.25, -0.2) is 0 Å². The van der Waals surface area contributed by atoms with Crippen LogP contribution in [0.25, 0.3) is 0 Å². The number of halogens is 2. The molecule has 0 radical (unpaired) electrons. The molecule has 1 aromatic carbocycles. The van der Waals surface area contributed by atoms with Crippen LogP contribution in [0.4, 0.5) is 0 Å². The SMILES string of the molecule is C1=NOc2ccccc2C1.Cl.Cl. The molecule has 1 aliphatic heterocycles. The van der Waals surface area contributed by atoms with Crippen LogP contribution in [0.3, 0.4) is 0 Å². The Morgan fingerprint density at radius 2 is 1.92 bits per heavy atom. The molecule has 0 saturated heterocycles. The van der Waals surface area contributed by atoms with Crippen molar-refractivity contribution >= 4 is 31.0 Å². The van der Waals surface area contributed by atoms with E-state index in [4.69, 9.17) is 4.84 Å². The van der Waals surface area contributed by atoms with Crippen molar-refractivity contribution in [3.8, 4) is 5.75 Å². The van der Waals surface area contributed by atoms with Crippen molar-refractivity contribution in [3.63, 3.8) is 0 Å². The van der Waals surface area contributed by atoms with Crippen molar-refractivity contribution < 1.29 is 4.84 Å². The van der Waals surface area contributed by atoms with Crippen molar-refractivity contribution in [3.05, 3.63) is 29.8 Å². The van der Waals surface area contributed by atoms with Gasteiger partial charge in [0, 0.05) is 18.2 Å². The molecule has 12 heavy (non-hydrogen) atoms. The second-order valence-electron chi connectivity index (χ2n) is 2.19. The van der Waals surface area contributed by atoms with E-state index in [0.717, 1.165) is 12.2 Å². The second kappa shape index (κ2) is 5.01. The zero-order valence-electron chi connectivity index (χ0n) is 6.27. The van der Waals surface area contributed by atoms with Crippen LogP contribution in [0.1, 0.15) is 5.56 Å². The molecule has 0 atom stereocenters. The maximum absolute atomic E-state index is 4.99. The first-order chi connectivity index (χ1) is 4.97. The van der Waals surface area contributed by atoms with Crippen LogP contribution in [0.2, 0.25) is 0 Å². The molecule has 0 saturated carbocycles. The van der Waals surface area contributed by atoms with E-state index in [1.54, 1.807) is 6.21 Å². The molecular formula is C8H9Cl2NO. The Morgan fingerprint density at radius 1 is 1.17 bits per heavy atom. The molecule has 0 spiro atoms. The third-order valence-corrected chi connectivity index (χ3v) is 1.51. The van der Waals surface area contributed by atoms with E-state index in [0.29, 0.717) is 0 Å². The Labute approximate surface area is 83.4 Å². The lowest BCUT2D eigenvalue weighted by molar-refractivity contribution is 0.334. The van der Waals surface area contributed by atoms with Crippen molar-refractivity contribution in [2.24, 2.45) is 5.16 Å². The van der Waals surface area contributed by atoms with Gasteiger partial charge >= 0.3 is 0 Å². The zero-order chi connectivity index (χ0) is 6.81. The summed E-state index contributed by atoms with van der Waals surface area (Å²) in [5.74, 6) is 0.880. The first kappa shape index (κ1) is 11.3. The van der Waals surface area contributed by atoms with Crippen molar-refractivity contribution in [1.82, 2.24) is 0 Å². The Kier molecular flexibility index (Phi) is 4.71. The normalized spacial score (nSPS) is 11.7. The molecule has 0 amide bonds. The topological polar surface area (TPSA) is 21.6 Å². The predicted molar refractivity (Wildman–Crippen MR) is 53.8 cm³/mol. The average molecular weight is 206 g/mol. The molecule has 2 nitrogen and oxygen atoms in total. The minimum absolute atomic E-state index is 0. The Morgan fingerprint density at radius 3 is 2.67 bits per heavy atom. The molecule has 0 fully saturated rings. The zero-order valence-corrected chi connectivity index (χ0v) is 7.90. The van der Waals surface area contributed by atoms with Crippen molar-refractivity contribution in [1.29, 1.82) is 0 Å². The molecule has 0 bridgehead atoms. The lowest BCUT2D eigenvalue weighted by atomic mass is 10.1. The van der Waals surface area contributed by atoms with Gasteiger partial charge in [0.15, 0.2) is 5.75 Å². The molecule has 2 rings (SSSR count). The maximum atomic E-state index is 4.99. The third-order valence-electron chi connectivity index (χ3n) is 1.51. The molecule has 4 heteroatoms. The number of hydrogen-bond donors (Lipinski definition) is 0. The first-order valence-corrected chi connectivity index (χ1v) is 3.23. The second-order valence-corrected chi connectivity index (χ2v) is 2.19. The monoisotopic (exact) mass is 205 g/mol. The highest BCUT2D eigenvalue weighted by Gasteiger charge is 2.03. The van der Waals surface area contributed by atoms with Gasteiger partial charge in [-0.05, 0) is 6.07 Å². The molecule has 0 N–H and O–H groups in total. The van der Waals surface area contributed by atoms with Crippen LogP contribution >= 0.6 is 24.8 Å². The van der Waals surface area contributed by atoms with Gasteiger partial charge in [-0.3, -0.25) is 0 Å². The van der Waals surface area contributed by atoms with Crippen LogP contribution in [0.15, 0.2) is 29.4 Å². The standard InChI is InChI=1S/C8H7NO.2ClH/c1-2-4-8-7(3-1)5-6-9-10-8;;/h1-4,6H,5H2;2*1H. The van der Waals surface area contributed by atoms with E-state index >= 15 is 0 Å². The molecular weight excluding hydrogens is 197 g/mol. The summed E-state index contributed by atoms with van der Waals surface area (Å²) in [6.07, 6.45) is 2.65. The summed E-state index contributed by atoms with van der Waals surface area (Å²) < 4.78 is 0. The Hall–Kier alpha value is -0.730. The minimum atomic E-state index is 0. The fourth-order valence-corrected chi connectivity index (χ4v) is 0.991. The van der Waals surface area contributed by atoms with Gasteiger partial charge in [-0.15, -0.1) is 24.8 Å². The van der Waals surface area contributed by atoms with E-state index in [1.165, 1.54) is 5.56 Å². The smallest absolute Gasteiger partial charge is 0.161 e. The van der Waals surface area contributed by atoms with E-state index in [2.05, 4.69) is 5.16 Å². The lowest BCUT2D eigenvalue weighted by Crippen LogP contribution is -1.98. The summed E-state index contributed by atoms with van der Waals surface area (Å²) in [7, 11) is 0. The number of oxime groups is 1. The summed E-state index contributed by atoms with van der Waals surface area (Å²) in [6.45, 7) is 0. The molecule has 0 aromatic heterocycles. The molecule has 1 aromatic rings. The molecule has 0 unspecified atom stereocenters. The highest BCUT2D eigenvalue weighted by Crippen LogP contribution is 2.20. The maximum Gasteiger partial charge on any atom is 0.161 e. The first-order valence-electron chi connectivity index (χ1n) is 3.23. The van der Waals surface area contributed by atoms with Gasteiger partial charge < -0.3 is 4.84 Å². The van der Waals surface area contributed by atoms with Crippen LogP contribution in [-0.2, 0) is 6.42 Å². The van der Waals surface area contributed by atoms with Crippen LogP contribution in [-0.4, -0.2) is 6.21 Å². The van der Waals surface area contributed by atoms with Gasteiger partial charge in [0.25, 0.3) is 0 Å².